The molecule has 2 rings (SSSR count). The number of hydrogen-bond donors (Lipinski definition) is 0. The van der Waals surface area contributed by atoms with Crippen LogP contribution in [0.15, 0.2) is 24.3 Å². The molecule has 1 aliphatic heterocycles. The highest BCUT2D eigenvalue weighted by Crippen LogP contribution is 2.22. The Kier molecular flexibility index (Phi) is 3.27. The molecule has 0 saturated carbocycles. The fourth-order valence-electron chi connectivity index (χ4n) is 1.72. The first-order valence-corrected chi connectivity index (χ1v) is 5.30. The quantitative estimate of drug-likeness (QED) is 0.487. The van der Waals surface area contributed by atoms with Gasteiger partial charge in [-0.15, -0.1) is 0 Å². The Bertz CT molecular complexity index is 444. The lowest BCUT2D eigenvalue weighted by atomic mass is 10.2. The molecule has 1 heterocycles. The van der Waals surface area contributed by atoms with Crippen LogP contribution in [-0.4, -0.2) is 37.0 Å². The van der Waals surface area contributed by atoms with Crippen molar-refractivity contribution in [1.82, 2.24) is 4.90 Å². The number of ether oxygens (including phenoxy) is 2. The van der Waals surface area contributed by atoms with E-state index in [9.17, 15) is 9.59 Å². The molecule has 0 bridgehead atoms. The maximum atomic E-state index is 11.7. The Morgan fingerprint density at radius 1 is 1.35 bits per heavy atom. The second-order valence-corrected chi connectivity index (χ2v) is 3.67. The molecule has 0 saturated heterocycles. The largest absolute Gasteiger partial charge is 0.491 e. The lowest BCUT2D eigenvalue weighted by Gasteiger charge is -2.17. The number of hydrogen-bond acceptors (Lipinski definition) is 4. The number of para-hydroxylation sites is 1. The number of esters is 1. The van der Waals surface area contributed by atoms with Crippen molar-refractivity contribution in [3.63, 3.8) is 0 Å². The summed E-state index contributed by atoms with van der Waals surface area (Å²) in [5.41, 5.74) is 0.891. The molecule has 0 aliphatic carbocycles. The molecule has 0 spiro atoms. The highest BCUT2D eigenvalue weighted by atomic mass is 16.5. The number of carbonyl (C=O) groups is 2. The first-order valence-electron chi connectivity index (χ1n) is 5.30. The van der Waals surface area contributed by atoms with E-state index in [0.29, 0.717) is 19.7 Å². The number of benzene rings is 1. The molecule has 1 aromatic carbocycles. The maximum absolute atomic E-state index is 11.7. The molecule has 1 aromatic rings. The minimum absolute atomic E-state index is 0.365. The molecule has 90 valence electrons. The van der Waals surface area contributed by atoms with E-state index in [1.807, 2.05) is 24.3 Å². The molecule has 0 N–H and O–H groups in total. The van der Waals surface area contributed by atoms with Crippen LogP contribution in [0.1, 0.15) is 5.56 Å². The van der Waals surface area contributed by atoms with Gasteiger partial charge in [-0.3, -0.25) is 4.79 Å². The van der Waals surface area contributed by atoms with Crippen LogP contribution in [-0.2, 0) is 20.9 Å². The van der Waals surface area contributed by atoms with Crippen LogP contribution in [0.4, 0.5) is 0 Å². The smallest absolute Gasteiger partial charge is 0.396 e. The van der Waals surface area contributed by atoms with Crippen molar-refractivity contribution in [3.05, 3.63) is 29.8 Å². The minimum Gasteiger partial charge on any atom is -0.491 e. The zero-order chi connectivity index (χ0) is 12.3. The van der Waals surface area contributed by atoms with Crippen molar-refractivity contribution in [1.29, 1.82) is 0 Å². The first-order chi connectivity index (χ1) is 8.22. The summed E-state index contributed by atoms with van der Waals surface area (Å²) >= 11 is 0. The van der Waals surface area contributed by atoms with Gasteiger partial charge in [0.15, 0.2) is 0 Å². The molecule has 17 heavy (non-hydrogen) atoms. The highest BCUT2D eigenvalue weighted by Gasteiger charge is 2.25. The monoisotopic (exact) mass is 235 g/mol. The number of amides is 1. The highest BCUT2D eigenvalue weighted by molar-refractivity contribution is 6.32. The molecule has 0 fully saturated rings. The van der Waals surface area contributed by atoms with Gasteiger partial charge in [-0.05, 0) is 6.07 Å². The van der Waals surface area contributed by atoms with Gasteiger partial charge < -0.3 is 14.4 Å². The summed E-state index contributed by atoms with van der Waals surface area (Å²) in [5, 5.41) is 0. The number of methoxy groups -OCH3 is 1. The lowest BCUT2D eigenvalue weighted by molar-refractivity contribution is -0.158. The molecular formula is C12H13NO4. The van der Waals surface area contributed by atoms with Crippen molar-refractivity contribution >= 4 is 11.9 Å². The van der Waals surface area contributed by atoms with E-state index in [1.54, 1.807) is 0 Å². The molecule has 0 aromatic heterocycles. The van der Waals surface area contributed by atoms with E-state index in [4.69, 9.17) is 4.74 Å². The molecule has 5 heteroatoms. The van der Waals surface area contributed by atoms with E-state index >= 15 is 0 Å². The Morgan fingerprint density at radius 3 is 2.88 bits per heavy atom. The summed E-state index contributed by atoms with van der Waals surface area (Å²) in [6, 6.07) is 7.46. The number of fused-ring (bicyclic) bond motifs is 1. The van der Waals surface area contributed by atoms with Gasteiger partial charge in [-0.25, -0.2) is 4.79 Å². The Labute approximate surface area is 98.9 Å². The third kappa shape index (κ3) is 2.38. The van der Waals surface area contributed by atoms with E-state index in [2.05, 4.69) is 4.74 Å². The minimum atomic E-state index is -0.843. The molecule has 0 radical (unpaired) electrons. The van der Waals surface area contributed by atoms with E-state index in [1.165, 1.54) is 12.0 Å². The van der Waals surface area contributed by atoms with Crippen molar-refractivity contribution in [2.45, 2.75) is 6.54 Å². The van der Waals surface area contributed by atoms with Gasteiger partial charge in [0.2, 0.25) is 0 Å². The van der Waals surface area contributed by atoms with Gasteiger partial charge in [0.05, 0.1) is 13.7 Å². The third-order valence-electron chi connectivity index (χ3n) is 2.60. The van der Waals surface area contributed by atoms with Crippen LogP contribution in [0.5, 0.6) is 5.75 Å². The van der Waals surface area contributed by atoms with Gasteiger partial charge in [0, 0.05) is 12.1 Å². The Morgan fingerprint density at radius 2 is 2.12 bits per heavy atom. The van der Waals surface area contributed by atoms with Gasteiger partial charge in [-0.2, -0.15) is 0 Å². The van der Waals surface area contributed by atoms with Gasteiger partial charge in [0.1, 0.15) is 12.4 Å². The van der Waals surface area contributed by atoms with Crippen LogP contribution in [0, 0.1) is 0 Å². The predicted octanol–water partition coefficient (Wildman–Crippen LogP) is 0.581. The average Bonchev–Trinajstić information content (AvgIpc) is 2.58. The van der Waals surface area contributed by atoms with E-state index < -0.39 is 11.9 Å². The van der Waals surface area contributed by atoms with Crippen molar-refractivity contribution < 1.29 is 19.1 Å². The van der Waals surface area contributed by atoms with Crippen molar-refractivity contribution in [2.75, 3.05) is 20.3 Å². The van der Waals surface area contributed by atoms with Crippen molar-refractivity contribution in [3.8, 4) is 5.75 Å². The molecule has 0 atom stereocenters. The summed E-state index contributed by atoms with van der Waals surface area (Å²) < 4.78 is 9.92. The van der Waals surface area contributed by atoms with Crippen LogP contribution >= 0.6 is 0 Å². The van der Waals surface area contributed by atoms with Crippen LogP contribution in [0.3, 0.4) is 0 Å². The molecule has 0 unspecified atom stereocenters. The number of carbonyl (C=O) groups excluding carboxylic acids is 2. The first kappa shape index (κ1) is 11.4. The second kappa shape index (κ2) is 4.86. The molecule has 1 amide bonds. The van der Waals surface area contributed by atoms with Gasteiger partial charge in [-0.1, -0.05) is 18.2 Å². The van der Waals surface area contributed by atoms with Gasteiger partial charge in [0.25, 0.3) is 0 Å². The summed E-state index contributed by atoms with van der Waals surface area (Å²) in [7, 11) is 1.20. The SMILES string of the molecule is COC(=O)C(=O)N1CCOc2ccccc2C1. The Balaban J connectivity index is 2.18. The number of rotatable bonds is 0. The zero-order valence-corrected chi connectivity index (χ0v) is 9.51. The average molecular weight is 235 g/mol. The molecular weight excluding hydrogens is 222 g/mol. The lowest BCUT2D eigenvalue weighted by Crippen LogP contribution is -2.38. The standard InChI is InChI=1S/C12H13NO4/c1-16-12(15)11(14)13-6-7-17-10-5-3-2-4-9(10)8-13/h2-5H,6-8H2,1H3. The molecule has 1 aliphatic rings. The fourth-order valence-corrected chi connectivity index (χ4v) is 1.72. The van der Waals surface area contributed by atoms with Crippen LogP contribution in [0.2, 0.25) is 0 Å². The summed E-state index contributed by atoms with van der Waals surface area (Å²) in [4.78, 5) is 24.3. The maximum Gasteiger partial charge on any atom is 0.396 e. The van der Waals surface area contributed by atoms with E-state index in [-0.39, 0.29) is 0 Å². The third-order valence-corrected chi connectivity index (χ3v) is 2.60. The zero-order valence-electron chi connectivity index (χ0n) is 9.51. The van der Waals surface area contributed by atoms with Crippen molar-refractivity contribution in [2.24, 2.45) is 0 Å². The van der Waals surface area contributed by atoms with Crippen LogP contribution in [0.25, 0.3) is 0 Å². The summed E-state index contributed by atoms with van der Waals surface area (Å²) in [6.07, 6.45) is 0. The predicted molar refractivity (Wildman–Crippen MR) is 59.4 cm³/mol. The summed E-state index contributed by atoms with van der Waals surface area (Å²) in [5.74, 6) is -0.718. The van der Waals surface area contributed by atoms with Gasteiger partial charge >= 0.3 is 11.9 Å². The van der Waals surface area contributed by atoms with E-state index in [0.717, 1.165) is 11.3 Å². The molecule has 5 nitrogen and oxygen atoms in total. The second-order valence-electron chi connectivity index (χ2n) is 3.67. The fraction of sp³-hybridized carbons (Fsp3) is 0.333. The van der Waals surface area contributed by atoms with Crippen LogP contribution < -0.4 is 4.74 Å². The topological polar surface area (TPSA) is 55.8 Å². The normalized spacial score (nSPS) is 14.3. The Hall–Kier alpha value is -2.04. The number of nitrogens with zero attached hydrogens (tertiary/aromatic N) is 1. The summed E-state index contributed by atoms with van der Waals surface area (Å²) in [6.45, 7) is 1.12.